The zero-order valence-electron chi connectivity index (χ0n) is 21.1. The van der Waals surface area contributed by atoms with Gasteiger partial charge in [-0.3, -0.25) is 9.36 Å². The molecule has 0 amide bonds. The second kappa shape index (κ2) is 10.2. The van der Waals surface area contributed by atoms with Crippen molar-refractivity contribution >= 4 is 22.7 Å². The first-order valence-electron chi connectivity index (χ1n) is 11.3. The van der Waals surface area contributed by atoms with Crippen LogP contribution in [0.2, 0.25) is 0 Å². The Bertz CT molecular complexity index is 1360. The summed E-state index contributed by atoms with van der Waals surface area (Å²) in [5.41, 5.74) is 7.60. The zero-order chi connectivity index (χ0) is 22.9. The third-order valence-corrected chi connectivity index (χ3v) is 6.15. The van der Waals surface area contributed by atoms with Gasteiger partial charge in [-0.25, -0.2) is 4.98 Å². The van der Waals surface area contributed by atoms with Crippen LogP contribution in [0.3, 0.4) is 0 Å². The van der Waals surface area contributed by atoms with Crippen molar-refractivity contribution < 1.29 is 45.3 Å². The van der Waals surface area contributed by atoms with Gasteiger partial charge >= 0.3 is 35.5 Å². The van der Waals surface area contributed by atoms with Crippen LogP contribution >= 0.6 is 0 Å². The number of carbonyl (C=O) groups excluding carboxylic acids is 1. The van der Waals surface area contributed by atoms with Crippen molar-refractivity contribution in [2.75, 3.05) is 11.9 Å². The van der Waals surface area contributed by atoms with Gasteiger partial charge in [0.1, 0.15) is 18.2 Å². The molecule has 1 atom stereocenters. The van der Waals surface area contributed by atoms with Crippen LogP contribution in [0.4, 0.5) is 5.69 Å². The number of anilines is 1. The monoisotopic (exact) mass is 465 g/mol. The van der Waals surface area contributed by atoms with Crippen LogP contribution in [0.5, 0.6) is 5.75 Å². The summed E-state index contributed by atoms with van der Waals surface area (Å²) >= 11 is 0. The fourth-order valence-electron chi connectivity index (χ4n) is 4.47. The topological polar surface area (TPSA) is 65.4 Å². The van der Waals surface area contributed by atoms with Gasteiger partial charge < -0.3 is 16.2 Å². The van der Waals surface area contributed by atoms with E-state index in [0.717, 1.165) is 46.0 Å². The predicted molar refractivity (Wildman–Crippen MR) is 130 cm³/mol. The van der Waals surface area contributed by atoms with E-state index in [1.54, 1.807) is 0 Å². The number of nitrogens with zero attached hydrogens (tertiary/aromatic N) is 2. The number of rotatable bonds is 6. The number of hydrogen-bond acceptors (Lipinski definition) is 5. The molecule has 170 valence electrons. The van der Waals surface area contributed by atoms with Crippen molar-refractivity contribution in [3.63, 3.8) is 0 Å². The summed E-state index contributed by atoms with van der Waals surface area (Å²) in [5.74, 6) is 1.52. The first-order valence-corrected chi connectivity index (χ1v) is 11.3. The first-order chi connectivity index (χ1) is 16.0. The van der Waals surface area contributed by atoms with E-state index in [-0.39, 0.29) is 43.1 Å². The molecule has 0 bridgehead atoms. The molecule has 7 heteroatoms. The molecule has 0 spiro atoms. The molecule has 1 aliphatic rings. The molecule has 1 N–H and O–H groups in total. The first kappa shape index (κ1) is 24.3. The van der Waals surface area contributed by atoms with Gasteiger partial charge in [0.25, 0.3) is 0 Å². The van der Waals surface area contributed by atoms with Gasteiger partial charge in [-0.2, -0.15) is 0 Å². The molecule has 5 rings (SSSR count). The quantitative estimate of drug-likeness (QED) is 0.350. The molecule has 0 saturated heterocycles. The average molecular weight is 466 g/mol. The van der Waals surface area contributed by atoms with Crippen LogP contribution in [0.1, 0.15) is 43.9 Å². The van der Waals surface area contributed by atoms with Crippen LogP contribution in [0, 0.1) is 6.92 Å². The maximum Gasteiger partial charge on any atom is 1.00 e. The van der Waals surface area contributed by atoms with E-state index in [4.69, 9.17) is 14.5 Å². The Morgan fingerprint density at radius 2 is 2.03 bits per heavy atom. The van der Waals surface area contributed by atoms with E-state index in [2.05, 4.69) is 60.1 Å². The number of esters is 1. The molecule has 0 unspecified atom stereocenters. The van der Waals surface area contributed by atoms with Crippen molar-refractivity contribution in [2.24, 2.45) is 0 Å². The normalized spacial score (nSPS) is 14.3. The molecule has 34 heavy (non-hydrogen) atoms. The van der Waals surface area contributed by atoms with Crippen LogP contribution in [0.25, 0.3) is 16.7 Å². The Morgan fingerprint density at radius 1 is 1.21 bits per heavy atom. The van der Waals surface area contributed by atoms with Gasteiger partial charge in [0, 0.05) is 37.2 Å². The second-order valence-corrected chi connectivity index (χ2v) is 8.28. The number of imidazole rings is 1. The van der Waals surface area contributed by atoms with Crippen molar-refractivity contribution in [3.8, 4) is 11.4 Å². The number of fused-ring (bicyclic) bond motifs is 2. The SMILES string of the molecule is CCc1nc2ccccc2n1-c1cccc(CNc2ccc3c(c2)OC[C@H]3OC(C)=O)c1C.[H-].[Na+]. The molecule has 0 aliphatic carbocycles. The minimum absolute atomic E-state index is 0. The smallest absolute Gasteiger partial charge is 1.00 e. The summed E-state index contributed by atoms with van der Waals surface area (Å²) in [4.78, 5) is 16.1. The minimum atomic E-state index is -0.330. The number of ether oxygens (including phenoxy) is 2. The summed E-state index contributed by atoms with van der Waals surface area (Å²) in [6.45, 7) is 6.76. The Morgan fingerprint density at radius 3 is 2.82 bits per heavy atom. The van der Waals surface area contributed by atoms with Gasteiger partial charge in [-0.15, -0.1) is 0 Å². The van der Waals surface area contributed by atoms with Gasteiger partial charge in [0.2, 0.25) is 0 Å². The number of para-hydroxylation sites is 2. The van der Waals surface area contributed by atoms with E-state index < -0.39 is 0 Å². The average Bonchev–Trinajstić information content (AvgIpc) is 3.39. The van der Waals surface area contributed by atoms with E-state index in [0.29, 0.717) is 13.2 Å². The van der Waals surface area contributed by atoms with Crippen molar-refractivity contribution in [3.05, 3.63) is 83.2 Å². The second-order valence-electron chi connectivity index (χ2n) is 8.28. The van der Waals surface area contributed by atoms with Crippen molar-refractivity contribution in [2.45, 2.75) is 39.8 Å². The molecule has 0 radical (unpaired) electrons. The molecular formula is C27H28N3NaO3. The third kappa shape index (κ3) is 4.58. The number of benzene rings is 3. The maximum atomic E-state index is 11.3. The van der Waals surface area contributed by atoms with Crippen LogP contribution in [0.15, 0.2) is 60.7 Å². The number of hydrogen-bond donors (Lipinski definition) is 1. The Balaban J connectivity index is 0.00000171. The summed E-state index contributed by atoms with van der Waals surface area (Å²) in [7, 11) is 0. The summed E-state index contributed by atoms with van der Waals surface area (Å²) in [6.07, 6.45) is 0.531. The van der Waals surface area contributed by atoms with Crippen LogP contribution in [-0.4, -0.2) is 22.1 Å². The Kier molecular flexibility index (Phi) is 7.31. The molecule has 1 aliphatic heterocycles. The Labute approximate surface area is 223 Å². The summed E-state index contributed by atoms with van der Waals surface area (Å²) < 4.78 is 13.3. The van der Waals surface area contributed by atoms with E-state index >= 15 is 0 Å². The molecule has 6 nitrogen and oxygen atoms in total. The molecular weight excluding hydrogens is 437 g/mol. The molecule has 3 aromatic carbocycles. The maximum absolute atomic E-state index is 11.3. The number of aromatic nitrogens is 2. The standard InChI is InChI=1S/C27H27N3O3.Na.H/c1-4-27-29-22-9-5-6-10-24(22)30(27)23-11-7-8-19(17(23)2)15-28-20-12-13-21-25(14-20)32-16-26(21)33-18(3)31;;/h5-14,26,28H,4,15-16H2,1-3H3;;/q;+1;-1/t26-;;/m1../s1. The predicted octanol–water partition coefficient (Wildman–Crippen LogP) is 2.62. The van der Waals surface area contributed by atoms with Crippen LogP contribution in [-0.2, 0) is 22.5 Å². The van der Waals surface area contributed by atoms with Crippen molar-refractivity contribution in [1.82, 2.24) is 9.55 Å². The number of carbonyl (C=O) groups is 1. The van der Waals surface area contributed by atoms with Gasteiger partial charge in [-0.05, 0) is 48.4 Å². The Hall–Kier alpha value is -2.80. The molecule has 4 aromatic rings. The molecule has 1 aromatic heterocycles. The van der Waals surface area contributed by atoms with Gasteiger partial charge in [0.15, 0.2) is 6.10 Å². The van der Waals surface area contributed by atoms with E-state index in [9.17, 15) is 4.79 Å². The molecule has 0 saturated carbocycles. The third-order valence-electron chi connectivity index (χ3n) is 6.15. The fourth-order valence-corrected chi connectivity index (χ4v) is 4.47. The minimum Gasteiger partial charge on any atom is -1.00 e. The van der Waals surface area contributed by atoms with Crippen LogP contribution < -0.4 is 39.6 Å². The molecule has 0 fully saturated rings. The zero-order valence-corrected chi connectivity index (χ0v) is 22.1. The van der Waals surface area contributed by atoms with E-state index in [1.165, 1.54) is 18.1 Å². The van der Waals surface area contributed by atoms with E-state index in [1.807, 2.05) is 24.3 Å². The summed E-state index contributed by atoms with van der Waals surface area (Å²) in [5, 5.41) is 3.51. The van der Waals surface area contributed by atoms with Gasteiger partial charge in [0.05, 0.1) is 16.7 Å². The molecule has 2 heterocycles. The fraction of sp³-hybridized carbons (Fsp3) is 0.259. The largest absolute Gasteiger partial charge is 1.00 e. The summed E-state index contributed by atoms with van der Waals surface area (Å²) in [6, 6.07) is 20.6. The number of aryl methyl sites for hydroxylation is 1. The van der Waals surface area contributed by atoms with Gasteiger partial charge in [-0.1, -0.05) is 31.2 Å². The van der Waals surface area contributed by atoms with Crippen molar-refractivity contribution in [1.29, 1.82) is 0 Å². The number of nitrogens with one attached hydrogen (secondary N) is 1.